The summed E-state index contributed by atoms with van der Waals surface area (Å²) in [5, 5.41) is 6.60. The quantitative estimate of drug-likeness (QED) is 0.768. The second kappa shape index (κ2) is 3.63. The maximum Gasteiger partial charge on any atom is 0.239 e. The number of aromatic amines is 1. The average Bonchev–Trinajstić information content (AvgIpc) is 2.64. The van der Waals surface area contributed by atoms with Crippen LogP contribution < -0.4 is 5.73 Å². The first-order chi connectivity index (χ1) is 7.47. The molecule has 1 heterocycles. The third-order valence-corrected chi connectivity index (χ3v) is 2.53. The molecule has 2 rings (SSSR count). The third kappa shape index (κ3) is 2.05. The molecule has 0 spiro atoms. The van der Waals surface area contributed by atoms with Crippen LogP contribution in [0.25, 0.3) is 11.4 Å². The Morgan fingerprint density at radius 1 is 1.12 bits per heavy atom. The van der Waals surface area contributed by atoms with Crippen molar-refractivity contribution in [2.75, 3.05) is 5.73 Å². The van der Waals surface area contributed by atoms with Gasteiger partial charge >= 0.3 is 0 Å². The largest absolute Gasteiger partial charge is 0.366 e. The standard InChI is InChI=1S/C12H16N4/c1-12(2,3)9-6-4-8(5-7-9)10-14-11(13)16-15-10/h4-7H,1-3H3,(H3,13,14,15,16). The second-order valence-corrected chi connectivity index (χ2v) is 4.87. The van der Waals surface area contributed by atoms with E-state index in [1.807, 2.05) is 12.1 Å². The molecule has 3 N–H and O–H groups in total. The van der Waals surface area contributed by atoms with Gasteiger partial charge in [-0.1, -0.05) is 45.0 Å². The molecule has 4 heteroatoms. The lowest BCUT2D eigenvalue weighted by atomic mass is 9.87. The van der Waals surface area contributed by atoms with E-state index in [9.17, 15) is 0 Å². The van der Waals surface area contributed by atoms with Crippen molar-refractivity contribution < 1.29 is 0 Å². The smallest absolute Gasteiger partial charge is 0.239 e. The van der Waals surface area contributed by atoms with Crippen LogP contribution in [-0.2, 0) is 5.41 Å². The van der Waals surface area contributed by atoms with Gasteiger partial charge in [-0.05, 0) is 11.0 Å². The van der Waals surface area contributed by atoms with Gasteiger partial charge in [-0.2, -0.15) is 4.98 Å². The van der Waals surface area contributed by atoms with Gasteiger partial charge in [0.15, 0.2) is 5.82 Å². The van der Waals surface area contributed by atoms with Crippen LogP contribution in [0.1, 0.15) is 26.3 Å². The topological polar surface area (TPSA) is 67.6 Å². The van der Waals surface area contributed by atoms with Crippen LogP contribution in [-0.4, -0.2) is 15.2 Å². The average molecular weight is 216 g/mol. The normalized spacial score (nSPS) is 11.7. The van der Waals surface area contributed by atoms with E-state index >= 15 is 0 Å². The van der Waals surface area contributed by atoms with Gasteiger partial charge in [0, 0.05) is 5.56 Å². The SMILES string of the molecule is CC(C)(C)c1ccc(-c2nc(N)n[nH]2)cc1. The fraction of sp³-hybridized carbons (Fsp3) is 0.333. The van der Waals surface area contributed by atoms with Crippen molar-refractivity contribution in [2.45, 2.75) is 26.2 Å². The van der Waals surface area contributed by atoms with E-state index in [1.54, 1.807) is 0 Å². The minimum absolute atomic E-state index is 0.166. The van der Waals surface area contributed by atoms with Gasteiger partial charge in [0.1, 0.15) is 0 Å². The van der Waals surface area contributed by atoms with E-state index in [-0.39, 0.29) is 11.4 Å². The molecule has 0 atom stereocenters. The van der Waals surface area contributed by atoms with Gasteiger partial charge in [0.05, 0.1) is 0 Å². The Morgan fingerprint density at radius 2 is 1.75 bits per heavy atom. The zero-order valence-corrected chi connectivity index (χ0v) is 9.78. The summed E-state index contributed by atoms with van der Waals surface area (Å²) in [7, 11) is 0. The molecule has 0 aliphatic heterocycles. The number of nitrogens with one attached hydrogen (secondary N) is 1. The first-order valence-corrected chi connectivity index (χ1v) is 5.25. The molecule has 0 radical (unpaired) electrons. The molecule has 0 unspecified atom stereocenters. The number of aromatic nitrogens is 3. The highest BCUT2D eigenvalue weighted by atomic mass is 15.3. The third-order valence-electron chi connectivity index (χ3n) is 2.53. The van der Waals surface area contributed by atoms with Crippen molar-refractivity contribution in [1.82, 2.24) is 15.2 Å². The first kappa shape index (κ1) is 10.7. The summed E-state index contributed by atoms with van der Waals surface area (Å²) in [4.78, 5) is 4.08. The molecular weight excluding hydrogens is 200 g/mol. The molecule has 0 amide bonds. The van der Waals surface area contributed by atoms with Crippen molar-refractivity contribution in [3.63, 3.8) is 0 Å². The summed E-state index contributed by atoms with van der Waals surface area (Å²) in [5.74, 6) is 0.979. The van der Waals surface area contributed by atoms with Crippen LogP contribution in [0, 0.1) is 0 Å². The summed E-state index contributed by atoms with van der Waals surface area (Å²) in [5.41, 5.74) is 7.92. The number of rotatable bonds is 1. The summed E-state index contributed by atoms with van der Waals surface area (Å²) in [6.07, 6.45) is 0. The van der Waals surface area contributed by atoms with Gasteiger partial charge in [0.25, 0.3) is 0 Å². The second-order valence-electron chi connectivity index (χ2n) is 4.87. The van der Waals surface area contributed by atoms with Gasteiger partial charge in [-0.25, -0.2) is 0 Å². The number of benzene rings is 1. The number of nitrogens with zero attached hydrogens (tertiary/aromatic N) is 2. The predicted octanol–water partition coefficient (Wildman–Crippen LogP) is 2.35. The summed E-state index contributed by atoms with van der Waals surface area (Å²) in [6, 6.07) is 8.27. The Bertz CT molecular complexity index is 476. The number of nitrogens with two attached hydrogens (primary N) is 1. The van der Waals surface area contributed by atoms with Crippen LogP contribution in [0.5, 0.6) is 0 Å². The van der Waals surface area contributed by atoms with Gasteiger partial charge < -0.3 is 5.73 Å². The minimum Gasteiger partial charge on any atom is -0.366 e. The van der Waals surface area contributed by atoms with E-state index in [0.29, 0.717) is 5.82 Å². The summed E-state index contributed by atoms with van der Waals surface area (Å²) >= 11 is 0. The Kier molecular flexibility index (Phi) is 2.42. The fourth-order valence-corrected chi connectivity index (χ4v) is 1.53. The lowest BCUT2D eigenvalue weighted by Gasteiger charge is -2.18. The van der Waals surface area contributed by atoms with E-state index in [2.05, 4.69) is 48.1 Å². The minimum atomic E-state index is 0.166. The zero-order chi connectivity index (χ0) is 11.8. The van der Waals surface area contributed by atoms with Crippen molar-refractivity contribution in [2.24, 2.45) is 0 Å². The Labute approximate surface area is 94.9 Å². The molecule has 4 nitrogen and oxygen atoms in total. The number of hydrogen-bond acceptors (Lipinski definition) is 3. The van der Waals surface area contributed by atoms with E-state index in [1.165, 1.54) is 5.56 Å². The Balaban J connectivity index is 2.33. The lowest BCUT2D eigenvalue weighted by molar-refractivity contribution is 0.590. The summed E-state index contributed by atoms with van der Waals surface area (Å²) in [6.45, 7) is 6.57. The molecule has 1 aromatic carbocycles. The maximum atomic E-state index is 5.46. The molecule has 0 aliphatic carbocycles. The number of anilines is 1. The molecule has 84 valence electrons. The van der Waals surface area contributed by atoms with Crippen molar-refractivity contribution in [3.8, 4) is 11.4 Å². The van der Waals surface area contributed by atoms with Crippen LogP contribution in [0.2, 0.25) is 0 Å². The van der Waals surface area contributed by atoms with Crippen LogP contribution in [0.4, 0.5) is 5.95 Å². The zero-order valence-electron chi connectivity index (χ0n) is 9.78. The molecule has 0 aliphatic rings. The number of hydrogen-bond donors (Lipinski definition) is 2. The van der Waals surface area contributed by atoms with Crippen molar-refractivity contribution in [1.29, 1.82) is 0 Å². The van der Waals surface area contributed by atoms with Crippen molar-refractivity contribution in [3.05, 3.63) is 29.8 Å². The molecule has 0 bridgehead atoms. The molecule has 2 aromatic rings. The highest BCUT2D eigenvalue weighted by molar-refractivity contribution is 5.56. The highest BCUT2D eigenvalue weighted by Gasteiger charge is 2.13. The van der Waals surface area contributed by atoms with Gasteiger partial charge in [-0.3, -0.25) is 5.10 Å². The molecule has 16 heavy (non-hydrogen) atoms. The van der Waals surface area contributed by atoms with E-state index < -0.39 is 0 Å². The van der Waals surface area contributed by atoms with Gasteiger partial charge in [-0.15, -0.1) is 5.10 Å². The number of nitrogen functional groups attached to an aromatic ring is 1. The summed E-state index contributed by atoms with van der Waals surface area (Å²) < 4.78 is 0. The predicted molar refractivity (Wildman–Crippen MR) is 64.9 cm³/mol. The van der Waals surface area contributed by atoms with Crippen LogP contribution in [0.15, 0.2) is 24.3 Å². The number of H-pyrrole nitrogens is 1. The molecule has 0 saturated heterocycles. The monoisotopic (exact) mass is 216 g/mol. The fourth-order valence-electron chi connectivity index (χ4n) is 1.53. The Morgan fingerprint density at radius 3 is 2.19 bits per heavy atom. The Hall–Kier alpha value is -1.84. The lowest BCUT2D eigenvalue weighted by Crippen LogP contribution is -2.10. The van der Waals surface area contributed by atoms with Crippen molar-refractivity contribution >= 4 is 5.95 Å². The first-order valence-electron chi connectivity index (χ1n) is 5.25. The molecule has 0 saturated carbocycles. The van der Waals surface area contributed by atoms with E-state index in [0.717, 1.165) is 5.56 Å². The molecular formula is C12H16N4. The van der Waals surface area contributed by atoms with E-state index in [4.69, 9.17) is 5.73 Å². The maximum absolute atomic E-state index is 5.46. The van der Waals surface area contributed by atoms with Crippen LogP contribution in [0.3, 0.4) is 0 Å². The van der Waals surface area contributed by atoms with Gasteiger partial charge in [0.2, 0.25) is 5.95 Å². The van der Waals surface area contributed by atoms with Crippen LogP contribution >= 0.6 is 0 Å². The molecule has 1 aromatic heterocycles. The molecule has 0 fully saturated rings. The highest BCUT2D eigenvalue weighted by Crippen LogP contribution is 2.24.